The third-order valence-corrected chi connectivity index (χ3v) is 6.63. The predicted octanol–water partition coefficient (Wildman–Crippen LogP) is 3.67. The Balaban J connectivity index is 1.66. The molecule has 4 saturated carbocycles. The maximum Gasteiger partial charge on any atom is 0.346 e. The van der Waals surface area contributed by atoms with E-state index in [1.54, 1.807) is 26.4 Å². The van der Waals surface area contributed by atoms with Crippen molar-refractivity contribution in [3.63, 3.8) is 0 Å². The summed E-state index contributed by atoms with van der Waals surface area (Å²) in [6.45, 7) is 0. The van der Waals surface area contributed by atoms with E-state index in [0.29, 0.717) is 28.3 Å². The molecule has 4 bridgehead atoms. The lowest BCUT2D eigenvalue weighted by atomic mass is 9.49. The van der Waals surface area contributed by atoms with Crippen molar-refractivity contribution in [2.45, 2.75) is 43.9 Å². The Morgan fingerprint density at radius 1 is 1.00 bits per heavy atom. The zero-order chi connectivity index (χ0) is 17.2. The highest BCUT2D eigenvalue weighted by Crippen LogP contribution is 2.60. The van der Waals surface area contributed by atoms with Crippen LogP contribution in [0.5, 0.6) is 11.5 Å². The fraction of sp³-hybridized carbons (Fsp3) is 0.600. The minimum absolute atomic E-state index is 0.0325. The molecule has 0 radical (unpaired) electrons. The average molecular weight is 341 g/mol. The van der Waals surface area contributed by atoms with Crippen LogP contribution in [0.4, 0.5) is 0 Å². The molecule has 0 aliphatic heterocycles. The van der Waals surface area contributed by atoms with E-state index < -0.39 is 0 Å². The lowest BCUT2D eigenvalue weighted by Gasteiger charge is -2.55. The highest BCUT2D eigenvalue weighted by Gasteiger charge is 2.54. The van der Waals surface area contributed by atoms with Gasteiger partial charge in [0.15, 0.2) is 11.5 Å². The summed E-state index contributed by atoms with van der Waals surface area (Å²) in [4.78, 5) is 17.5. The van der Waals surface area contributed by atoms with Crippen LogP contribution >= 0.6 is 0 Å². The van der Waals surface area contributed by atoms with E-state index >= 15 is 0 Å². The summed E-state index contributed by atoms with van der Waals surface area (Å²) in [7, 11) is 3.15. The highest BCUT2D eigenvalue weighted by molar-refractivity contribution is 5.81. The summed E-state index contributed by atoms with van der Waals surface area (Å²) < 4.78 is 16.5. The molecule has 4 fully saturated rings. The summed E-state index contributed by atoms with van der Waals surface area (Å²) >= 11 is 0. The fourth-order valence-electron chi connectivity index (χ4n) is 6.00. The first-order chi connectivity index (χ1) is 12.1. The third kappa shape index (κ3) is 2.21. The van der Waals surface area contributed by atoms with Gasteiger partial charge in [-0.2, -0.15) is 0 Å². The van der Waals surface area contributed by atoms with Gasteiger partial charge in [-0.15, -0.1) is 0 Å². The zero-order valence-electron chi connectivity index (χ0n) is 14.7. The number of rotatable bonds is 3. The molecule has 4 aliphatic rings. The van der Waals surface area contributed by atoms with Crippen LogP contribution in [0.25, 0.3) is 10.9 Å². The Bertz CT molecular complexity index is 865. The van der Waals surface area contributed by atoms with Crippen LogP contribution in [0.3, 0.4) is 0 Å². The monoisotopic (exact) mass is 341 g/mol. The van der Waals surface area contributed by atoms with Crippen molar-refractivity contribution in [1.29, 1.82) is 0 Å². The molecule has 0 saturated heterocycles. The molecule has 4 aliphatic carbocycles. The van der Waals surface area contributed by atoms with Crippen molar-refractivity contribution in [3.8, 4) is 11.5 Å². The third-order valence-electron chi connectivity index (χ3n) is 6.63. The molecular formula is C20H23NO4. The molecule has 5 nitrogen and oxygen atoms in total. The summed E-state index contributed by atoms with van der Waals surface area (Å²) in [5.41, 5.74) is 0.284. The molecule has 0 spiro atoms. The summed E-state index contributed by atoms with van der Waals surface area (Å²) in [5, 5.41) is 0.450. The minimum Gasteiger partial charge on any atom is -0.493 e. The number of hydrogen-bond donors (Lipinski definition) is 0. The van der Waals surface area contributed by atoms with E-state index in [0.717, 1.165) is 37.0 Å². The number of methoxy groups -OCH3 is 2. The number of aromatic nitrogens is 1. The van der Waals surface area contributed by atoms with Crippen LogP contribution in [0.15, 0.2) is 21.3 Å². The summed E-state index contributed by atoms with van der Waals surface area (Å²) in [6.07, 6.45) is 7.40. The number of nitrogens with zero attached hydrogens (tertiary/aromatic N) is 1. The van der Waals surface area contributed by atoms with Crippen molar-refractivity contribution in [2.75, 3.05) is 14.2 Å². The van der Waals surface area contributed by atoms with Gasteiger partial charge in [-0.25, -0.2) is 9.78 Å². The molecule has 0 unspecified atom stereocenters. The molecule has 2 aromatic rings. The molecule has 25 heavy (non-hydrogen) atoms. The average Bonchev–Trinajstić information content (AvgIpc) is 2.59. The topological polar surface area (TPSA) is 61.6 Å². The molecule has 132 valence electrons. The van der Waals surface area contributed by atoms with Crippen molar-refractivity contribution in [3.05, 3.63) is 28.4 Å². The normalized spacial score (nSPS) is 33.0. The Labute approximate surface area is 146 Å². The minimum atomic E-state index is -0.323. The number of ether oxygens (including phenoxy) is 2. The van der Waals surface area contributed by atoms with Gasteiger partial charge in [-0.1, -0.05) is 0 Å². The van der Waals surface area contributed by atoms with Crippen molar-refractivity contribution < 1.29 is 13.9 Å². The van der Waals surface area contributed by atoms with E-state index in [4.69, 9.17) is 18.9 Å². The largest absolute Gasteiger partial charge is 0.493 e. The van der Waals surface area contributed by atoms with E-state index in [2.05, 4.69) is 0 Å². The SMILES string of the molecule is COc1cc2nc(C34CC5CC(CC(C5)C3)C4)oc(=O)c2cc1OC. The van der Waals surface area contributed by atoms with Gasteiger partial charge in [-0.05, 0) is 56.3 Å². The molecule has 6 rings (SSSR count). The fourth-order valence-corrected chi connectivity index (χ4v) is 6.00. The van der Waals surface area contributed by atoms with E-state index in [9.17, 15) is 4.79 Å². The molecule has 0 amide bonds. The maximum absolute atomic E-state index is 12.7. The van der Waals surface area contributed by atoms with Crippen LogP contribution in [0.2, 0.25) is 0 Å². The van der Waals surface area contributed by atoms with Gasteiger partial charge in [0.2, 0.25) is 5.89 Å². The van der Waals surface area contributed by atoms with Gasteiger partial charge in [0, 0.05) is 17.5 Å². The first kappa shape index (κ1) is 15.2. The second kappa shape index (κ2) is 5.23. The van der Waals surface area contributed by atoms with Crippen LogP contribution in [-0.4, -0.2) is 19.2 Å². The molecule has 0 atom stereocenters. The smallest absolute Gasteiger partial charge is 0.346 e. The summed E-state index contributed by atoms with van der Waals surface area (Å²) in [5.74, 6) is 4.09. The quantitative estimate of drug-likeness (QED) is 0.852. The van der Waals surface area contributed by atoms with Crippen LogP contribution in [0.1, 0.15) is 44.4 Å². The maximum atomic E-state index is 12.7. The second-order valence-electron chi connectivity index (χ2n) is 8.23. The van der Waals surface area contributed by atoms with E-state index in [-0.39, 0.29) is 11.0 Å². The van der Waals surface area contributed by atoms with Gasteiger partial charge < -0.3 is 13.9 Å². The standard InChI is InChI=1S/C20H23NO4/c1-23-16-6-14-15(7-17(16)24-2)21-19(25-18(14)22)20-8-11-3-12(9-20)5-13(4-11)10-20/h6-7,11-13H,3-5,8-10H2,1-2H3. The molecule has 1 heterocycles. The Morgan fingerprint density at radius 3 is 2.12 bits per heavy atom. The lowest BCUT2D eigenvalue weighted by Crippen LogP contribution is -2.49. The van der Waals surface area contributed by atoms with Gasteiger partial charge in [0.05, 0.1) is 25.1 Å². The van der Waals surface area contributed by atoms with Crippen LogP contribution in [-0.2, 0) is 5.41 Å². The van der Waals surface area contributed by atoms with Gasteiger partial charge in [0.25, 0.3) is 0 Å². The molecular weight excluding hydrogens is 318 g/mol. The van der Waals surface area contributed by atoms with Crippen LogP contribution in [0, 0.1) is 17.8 Å². The number of fused-ring (bicyclic) bond motifs is 1. The van der Waals surface area contributed by atoms with Gasteiger partial charge in [-0.3, -0.25) is 0 Å². The Morgan fingerprint density at radius 2 is 1.56 bits per heavy atom. The Kier molecular flexibility index (Phi) is 3.19. The lowest BCUT2D eigenvalue weighted by molar-refractivity contribution is -0.0193. The van der Waals surface area contributed by atoms with Crippen molar-refractivity contribution >= 4 is 10.9 Å². The second-order valence-corrected chi connectivity index (χ2v) is 8.23. The number of hydrogen-bond acceptors (Lipinski definition) is 5. The first-order valence-corrected chi connectivity index (χ1v) is 9.17. The molecule has 1 aromatic carbocycles. The van der Waals surface area contributed by atoms with Gasteiger partial charge in [0.1, 0.15) is 0 Å². The van der Waals surface area contributed by atoms with Crippen molar-refractivity contribution in [1.82, 2.24) is 4.98 Å². The summed E-state index contributed by atoms with van der Waals surface area (Å²) in [6, 6.07) is 3.45. The number of benzene rings is 1. The molecule has 0 N–H and O–H groups in total. The highest BCUT2D eigenvalue weighted by atomic mass is 16.5. The molecule has 1 aromatic heterocycles. The first-order valence-electron chi connectivity index (χ1n) is 9.17. The van der Waals surface area contributed by atoms with Gasteiger partial charge >= 0.3 is 5.63 Å². The zero-order valence-corrected chi connectivity index (χ0v) is 14.7. The predicted molar refractivity (Wildman–Crippen MR) is 93.2 cm³/mol. The van der Waals surface area contributed by atoms with Crippen LogP contribution < -0.4 is 15.1 Å². The van der Waals surface area contributed by atoms with E-state index in [1.165, 1.54) is 19.3 Å². The Hall–Kier alpha value is -2.04. The van der Waals surface area contributed by atoms with Crippen molar-refractivity contribution in [2.24, 2.45) is 17.8 Å². The molecule has 5 heteroatoms. The van der Waals surface area contributed by atoms with E-state index in [1.807, 2.05) is 0 Å².